The van der Waals surface area contributed by atoms with Gasteiger partial charge in [0.25, 0.3) is 0 Å². The van der Waals surface area contributed by atoms with Gasteiger partial charge in [-0.25, -0.2) is 0 Å². The third-order valence-electron chi connectivity index (χ3n) is 4.75. The van der Waals surface area contributed by atoms with Gasteiger partial charge in [-0.2, -0.15) is 0 Å². The average Bonchev–Trinajstić information content (AvgIpc) is 3.07. The lowest BCUT2D eigenvalue weighted by Gasteiger charge is -2.21. The summed E-state index contributed by atoms with van der Waals surface area (Å²) in [6, 6.07) is 5.65. The maximum atomic E-state index is 11.5. The van der Waals surface area contributed by atoms with Gasteiger partial charge in [0.2, 0.25) is 0 Å². The van der Waals surface area contributed by atoms with E-state index in [0.717, 1.165) is 41.9 Å². The molecule has 0 amide bonds. The van der Waals surface area contributed by atoms with E-state index >= 15 is 0 Å². The molecule has 2 fully saturated rings. The van der Waals surface area contributed by atoms with E-state index in [1.165, 1.54) is 0 Å². The molecule has 2 aliphatic rings. The summed E-state index contributed by atoms with van der Waals surface area (Å²) in [6.45, 7) is 0. The summed E-state index contributed by atoms with van der Waals surface area (Å²) in [5.74, 6) is 1.16. The van der Waals surface area contributed by atoms with Gasteiger partial charge in [0.1, 0.15) is 11.5 Å². The third-order valence-corrected chi connectivity index (χ3v) is 4.75. The molecule has 1 aromatic rings. The lowest BCUT2D eigenvalue weighted by molar-refractivity contribution is -0.141. The number of carboxylic acid groups (broad SMARTS) is 1. The van der Waals surface area contributed by atoms with Crippen molar-refractivity contribution in [2.45, 2.75) is 19.3 Å². The normalized spacial score (nSPS) is 28.9. The van der Waals surface area contributed by atoms with E-state index in [0.29, 0.717) is 11.8 Å². The molecule has 3 atom stereocenters. The van der Waals surface area contributed by atoms with Gasteiger partial charge >= 0.3 is 5.97 Å². The minimum atomic E-state index is -0.691. The third kappa shape index (κ3) is 2.50. The molecular weight excluding hydrogens is 268 g/mol. The molecule has 0 heterocycles. The first-order chi connectivity index (χ1) is 10.1. The minimum Gasteiger partial charge on any atom is -0.497 e. The first-order valence-corrected chi connectivity index (χ1v) is 7.29. The predicted molar refractivity (Wildman–Crippen MR) is 79.5 cm³/mol. The summed E-state index contributed by atoms with van der Waals surface area (Å²) in [5.41, 5.74) is 2.01. The largest absolute Gasteiger partial charge is 0.497 e. The number of hydrogen-bond donors (Lipinski definition) is 1. The fourth-order valence-corrected chi connectivity index (χ4v) is 3.81. The van der Waals surface area contributed by atoms with Crippen LogP contribution in [0, 0.1) is 17.8 Å². The van der Waals surface area contributed by atoms with Crippen molar-refractivity contribution in [2.24, 2.45) is 17.8 Å². The van der Waals surface area contributed by atoms with Crippen molar-refractivity contribution in [2.75, 3.05) is 14.2 Å². The van der Waals surface area contributed by atoms with Crippen LogP contribution in [-0.2, 0) is 4.79 Å². The van der Waals surface area contributed by atoms with E-state index in [4.69, 9.17) is 9.47 Å². The van der Waals surface area contributed by atoms with Crippen molar-refractivity contribution in [3.8, 4) is 11.5 Å². The fourth-order valence-electron chi connectivity index (χ4n) is 3.81. The van der Waals surface area contributed by atoms with Crippen LogP contribution in [0.3, 0.4) is 0 Å². The summed E-state index contributed by atoms with van der Waals surface area (Å²) in [7, 11) is 3.23. The molecule has 2 saturated carbocycles. The molecule has 1 N–H and O–H groups in total. The highest BCUT2D eigenvalue weighted by atomic mass is 16.5. The van der Waals surface area contributed by atoms with Gasteiger partial charge in [-0.3, -0.25) is 4.79 Å². The molecule has 2 aliphatic carbocycles. The zero-order valence-electron chi connectivity index (χ0n) is 12.3. The van der Waals surface area contributed by atoms with Crippen molar-refractivity contribution in [3.05, 3.63) is 29.3 Å². The number of carbonyl (C=O) groups is 1. The van der Waals surface area contributed by atoms with E-state index in [1.54, 1.807) is 14.2 Å². The Morgan fingerprint density at radius 2 is 1.86 bits per heavy atom. The van der Waals surface area contributed by atoms with E-state index in [9.17, 15) is 9.90 Å². The van der Waals surface area contributed by atoms with Crippen LogP contribution in [0.5, 0.6) is 11.5 Å². The van der Waals surface area contributed by atoms with Gasteiger partial charge in [-0.05, 0) is 48.8 Å². The quantitative estimate of drug-likeness (QED) is 0.924. The highest BCUT2D eigenvalue weighted by Gasteiger charge is 2.47. The molecule has 0 radical (unpaired) electrons. The number of methoxy groups -OCH3 is 2. The summed E-state index contributed by atoms with van der Waals surface area (Å²) in [5, 5.41) is 9.50. The number of fused-ring (bicyclic) bond motifs is 2. The molecular formula is C17H20O4. The topological polar surface area (TPSA) is 55.8 Å². The van der Waals surface area contributed by atoms with Crippen molar-refractivity contribution in [1.82, 2.24) is 0 Å². The number of hydrogen-bond acceptors (Lipinski definition) is 3. The number of ether oxygens (including phenoxy) is 2. The Kier molecular flexibility index (Phi) is 3.62. The predicted octanol–water partition coefficient (Wildman–Crippen LogP) is 3.22. The fraction of sp³-hybridized carbons (Fsp3) is 0.471. The van der Waals surface area contributed by atoms with Gasteiger partial charge < -0.3 is 14.6 Å². The number of aliphatic carboxylic acids is 1. The smallest absolute Gasteiger partial charge is 0.310 e. The highest BCUT2D eigenvalue weighted by molar-refractivity contribution is 5.78. The molecule has 0 saturated heterocycles. The second-order valence-corrected chi connectivity index (χ2v) is 5.88. The van der Waals surface area contributed by atoms with Crippen LogP contribution in [-0.4, -0.2) is 25.3 Å². The van der Waals surface area contributed by atoms with Crippen LogP contribution in [0.15, 0.2) is 23.8 Å². The van der Waals surface area contributed by atoms with E-state index in [2.05, 4.69) is 0 Å². The van der Waals surface area contributed by atoms with Gasteiger partial charge in [-0.1, -0.05) is 11.6 Å². The van der Waals surface area contributed by atoms with Gasteiger partial charge in [0.15, 0.2) is 0 Å². The SMILES string of the molecule is COc1cc(C=C2C3CCC(C3)C2C(=O)O)cc(OC)c1. The van der Waals surface area contributed by atoms with Crippen molar-refractivity contribution >= 4 is 12.0 Å². The van der Waals surface area contributed by atoms with Crippen LogP contribution >= 0.6 is 0 Å². The van der Waals surface area contributed by atoms with Crippen LogP contribution in [0.25, 0.3) is 6.08 Å². The number of carboxylic acids is 1. The Bertz CT molecular complexity index is 568. The van der Waals surface area contributed by atoms with Gasteiger partial charge in [0.05, 0.1) is 20.1 Å². The molecule has 0 aliphatic heterocycles. The molecule has 4 heteroatoms. The standard InChI is InChI=1S/C17H20O4/c1-20-13-5-10(6-14(9-13)21-2)7-15-11-3-4-12(8-11)16(15)17(18)19/h5-7,9,11-12,16H,3-4,8H2,1-2H3,(H,18,19). The van der Waals surface area contributed by atoms with Crippen molar-refractivity contribution in [3.63, 3.8) is 0 Å². The summed E-state index contributed by atoms with van der Waals surface area (Å²) < 4.78 is 10.5. The summed E-state index contributed by atoms with van der Waals surface area (Å²) in [4.78, 5) is 11.5. The lowest BCUT2D eigenvalue weighted by atomic mass is 9.83. The Labute approximate surface area is 124 Å². The Balaban J connectivity index is 1.98. The Hall–Kier alpha value is -1.97. The maximum Gasteiger partial charge on any atom is 0.310 e. The van der Waals surface area contributed by atoms with E-state index in [-0.39, 0.29) is 5.92 Å². The molecule has 4 nitrogen and oxygen atoms in total. The van der Waals surface area contributed by atoms with Crippen LogP contribution in [0.2, 0.25) is 0 Å². The summed E-state index contributed by atoms with van der Waals surface area (Å²) >= 11 is 0. The lowest BCUT2D eigenvalue weighted by Crippen LogP contribution is -2.22. The molecule has 0 spiro atoms. The second-order valence-electron chi connectivity index (χ2n) is 5.88. The first-order valence-electron chi connectivity index (χ1n) is 7.29. The molecule has 2 bridgehead atoms. The molecule has 0 aromatic heterocycles. The molecule has 1 aromatic carbocycles. The number of benzene rings is 1. The molecule has 112 valence electrons. The highest BCUT2D eigenvalue weighted by Crippen LogP contribution is 2.52. The zero-order valence-corrected chi connectivity index (χ0v) is 12.3. The zero-order chi connectivity index (χ0) is 15.0. The van der Waals surface area contributed by atoms with Crippen LogP contribution in [0.1, 0.15) is 24.8 Å². The van der Waals surface area contributed by atoms with Crippen LogP contribution in [0.4, 0.5) is 0 Å². The Morgan fingerprint density at radius 3 is 2.43 bits per heavy atom. The van der Waals surface area contributed by atoms with Gasteiger partial charge in [0, 0.05) is 6.07 Å². The summed E-state index contributed by atoms with van der Waals surface area (Å²) in [6.07, 6.45) is 5.19. The first kappa shape index (κ1) is 14.0. The molecule has 21 heavy (non-hydrogen) atoms. The van der Waals surface area contributed by atoms with Crippen molar-refractivity contribution in [1.29, 1.82) is 0 Å². The van der Waals surface area contributed by atoms with E-state index < -0.39 is 5.97 Å². The second kappa shape index (κ2) is 5.43. The molecule has 3 rings (SSSR count). The minimum absolute atomic E-state index is 0.311. The van der Waals surface area contributed by atoms with Crippen LogP contribution < -0.4 is 9.47 Å². The van der Waals surface area contributed by atoms with Crippen molar-refractivity contribution < 1.29 is 19.4 Å². The Morgan fingerprint density at radius 1 is 1.19 bits per heavy atom. The molecule has 3 unspecified atom stereocenters. The number of rotatable bonds is 4. The monoisotopic (exact) mass is 288 g/mol. The van der Waals surface area contributed by atoms with Gasteiger partial charge in [-0.15, -0.1) is 0 Å². The van der Waals surface area contributed by atoms with E-state index in [1.807, 2.05) is 24.3 Å². The maximum absolute atomic E-state index is 11.5. The average molecular weight is 288 g/mol.